The van der Waals surface area contributed by atoms with E-state index in [1.807, 2.05) is 30.8 Å². The molecule has 2 rings (SSSR count). The summed E-state index contributed by atoms with van der Waals surface area (Å²) in [4.78, 5) is 0. The molecule has 0 amide bonds. The largest absolute Gasteiger partial charge is 0.309 e. The minimum atomic E-state index is -0.105. The van der Waals surface area contributed by atoms with Crippen molar-refractivity contribution in [1.29, 1.82) is 0 Å². The smallest absolute Gasteiger partial charge is 0.126 e. The molecule has 2 unspecified atom stereocenters. The molecule has 100 valence electrons. The summed E-state index contributed by atoms with van der Waals surface area (Å²) in [6, 6.07) is 5.91. The summed E-state index contributed by atoms with van der Waals surface area (Å²) in [5.74, 6) is 1.15. The van der Waals surface area contributed by atoms with Gasteiger partial charge in [-0.25, -0.2) is 4.39 Å². The molecular weight excluding hydrogens is 245 g/mol. The van der Waals surface area contributed by atoms with Crippen molar-refractivity contribution in [2.45, 2.75) is 44.4 Å². The summed E-state index contributed by atoms with van der Waals surface area (Å²) < 4.78 is 13.4. The van der Waals surface area contributed by atoms with Crippen LogP contribution >= 0.6 is 11.8 Å². The van der Waals surface area contributed by atoms with E-state index in [1.165, 1.54) is 24.2 Å². The molecule has 1 aliphatic rings. The predicted molar refractivity (Wildman–Crippen MR) is 77.7 cm³/mol. The number of hydrogen-bond donors (Lipinski definition) is 1. The first-order chi connectivity index (χ1) is 8.72. The molecule has 1 aromatic rings. The van der Waals surface area contributed by atoms with Gasteiger partial charge in [-0.05, 0) is 55.7 Å². The molecule has 0 radical (unpaired) electrons. The van der Waals surface area contributed by atoms with Crippen LogP contribution in [0.1, 0.15) is 43.4 Å². The fourth-order valence-electron chi connectivity index (χ4n) is 2.49. The van der Waals surface area contributed by atoms with Crippen LogP contribution in [0.4, 0.5) is 4.39 Å². The van der Waals surface area contributed by atoms with Crippen molar-refractivity contribution in [2.24, 2.45) is 0 Å². The van der Waals surface area contributed by atoms with Crippen molar-refractivity contribution in [3.8, 4) is 0 Å². The number of hydrogen-bond acceptors (Lipinski definition) is 2. The van der Waals surface area contributed by atoms with Crippen molar-refractivity contribution in [3.63, 3.8) is 0 Å². The Kier molecular flexibility index (Phi) is 5.07. The molecule has 2 atom stereocenters. The van der Waals surface area contributed by atoms with Gasteiger partial charge in [0.05, 0.1) is 0 Å². The van der Waals surface area contributed by atoms with Crippen LogP contribution in [0.3, 0.4) is 0 Å². The number of rotatable bonds is 5. The summed E-state index contributed by atoms with van der Waals surface area (Å²) in [6.45, 7) is 5.05. The lowest BCUT2D eigenvalue weighted by Crippen LogP contribution is -2.29. The van der Waals surface area contributed by atoms with E-state index < -0.39 is 0 Å². The lowest BCUT2D eigenvalue weighted by atomic mass is 9.99. The number of nitrogens with one attached hydrogen (secondary N) is 1. The molecule has 1 aliphatic heterocycles. The van der Waals surface area contributed by atoms with E-state index in [0.29, 0.717) is 11.3 Å². The van der Waals surface area contributed by atoms with Gasteiger partial charge < -0.3 is 5.32 Å². The molecule has 0 bridgehead atoms. The van der Waals surface area contributed by atoms with Gasteiger partial charge in [-0.1, -0.05) is 19.1 Å². The first-order valence-corrected chi connectivity index (χ1v) is 7.88. The highest BCUT2D eigenvalue weighted by molar-refractivity contribution is 8.00. The van der Waals surface area contributed by atoms with Gasteiger partial charge >= 0.3 is 0 Å². The highest BCUT2D eigenvalue weighted by Gasteiger charge is 2.26. The Hall–Kier alpha value is -0.540. The Balaban J connectivity index is 2.17. The number of halogens is 1. The van der Waals surface area contributed by atoms with Gasteiger partial charge in [-0.15, -0.1) is 0 Å². The Morgan fingerprint density at radius 3 is 2.94 bits per heavy atom. The Labute approximate surface area is 114 Å². The Morgan fingerprint density at radius 2 is 2.33 bits per heavy atom. The molecule has 3 heteroatoms. The van der Waals surface area contributed by atoms with Crippen LogP contribution in [0.2, 0.25) is 0 Å². The maximum absolute atomic E-state index is 13.4. The normalized spacial score (nSPS) is 21.2. The summed E-state index contributed by atoms with van der Waals surface area (Å²) >= 11 is 2.05. The number of thioether (sulfide) groups is 1. The van der Waals surface area contributed by atoms with Crippen LogP contribution in [0.5, 0.6) is 0 Å². The van der Waals surface area contributed by atoms with Gasteiger partial charge in [0.2, 0.25) is 0 Å². The summed E-state index contributed by atoms with van der Waals surface area (Å²) in [5.41, 5.74) is 1.99. The zero-order valence-electron chi connectivity index (χ0n) is 11.2. The zero-order valence-corrected chi connectivity index (χ0v) is 12.0. The van der Waals surface area contributed by atoms with Crippen molar-refractivity contribution in [1.82, 2.24) is 5.32 Å². The van der Waals surface area contributed by atoms with Crippen LogP contribution in [0.25, 0.3) is 0 Å². The van der Waals surface area contributed by atoms with Gasteiger partial charge in [-0.3, -0.25) is 0 Å². The maximum Gasteiger partial charge on any atom is 0.126 e. The molecule has 18 heavy (non-hydrogen) atoms. The van der Waals surface area contributed by atoms with Gasteiger partial charge in [0.1, 0.15) is 5.82 Å². The van der Waals surface area contributed by atoms with Gasteiger partial charge in [0, 0.05) is 11.3 Å². The van der Waals surface area contributed by atoms with Crippen LogP contribution in [-0.2, 0) is 0 Å². The minimum absolute atomic E-state index is 0.105. The molecule has 0 spiro atoms. The third kappa shape index (κ3) is 3.27. The first-order valence-electron chi connectivity index (χ1n) is 6.83. The van der Waals surface area contributed by atoms with E-state index in [1.54, 1.807) is 6.07 Å². The van der Waals surface area contributed by atoms with E-state index in [4.69, 9.17) is 0 Å². The van der Waals surface area contributed by atoms with E-state index >= 15 is 0 Å². The lowest BCUT2D eigenvalue weighted by molar-refractivity contribution is 0.501. The Morgan fingerprint density at radius 1 is 1.50 bits per heavy atom. The van der Waals surface area contributed by atoms with E-state index in [2.05, 4.69) is 12.2 Å². The molecule has 0 saturated carbocycles. The van der Waals surface area contributed by atoms with Crippen LogP contribution in [0, 0.1) is 12.7 Å². The molecular formula is C15H22FNS. The van der Waals surface area contributed by atoms with Crippen LogP contribution in [-0.4, -0.2) is 17.5 Å². The monoisotopic (exact) mass is 267 g/mol. The molecule has 0 aliphatic carbocycles. The second kappa shape index (κ2) is 6.58. The van der Waals surface area contributed by atoms with Gasteiger partial charge in [0.25, 0.3) is 0 Å². The molecule has 1 nitrogen and oxygen atoms in total. The molecule has 1 N–H and O–H groups in total. The lowest BCUT2D eigenvalue weighted by Gasteiger charge is -2.25. The van der Waals surface area contributed by atoms with E-state index in [-0.39, 0.29) is 5.82 Å². The van der Waals surface area contributed by atoms with Crippen LogP contribution in [0.15, 0.2) is 18.2 Å². The number of aryl methyl sites for hydroxylation is 1. The topological polar surface area (TPSA) is 12.0 Å². The maximum atomic E-state index is 13.4. The molecule has 1 saturated heterocycles. The average Bonchev–Trinajstić information content (AvgIpc) is 2.88. The summed E-state index contributed by atoms with van der Waals surface area (Å²) in [5, 5.41) is 4.27. The van der Waals surface area contributed by atoms with E-state index in [9.17, 15) is 4.39 Å². The van der Waals surface area contributed by atoms with Crippen molar-refractivity contribution >= 4 is 11.8 Å². The van der Waals surface area contributed by atoms with Crippen molar-refractivity contribution < 1.29 is 4.39 Å². The first kappa shape index (κ1) is 13.9. The van der Waals surface area contributed by atoms with Crippen LogP contribution < -0.4 is 5.32 Å². The fourth-order valence-corrected chi connectivity index (χ4v) is 3.91. The highest BCUT2D eigenvalue weighted by Crippen LogP contribution is 2.36. The SMILES string of the molecule is CCCNC(c1ccc(F)c(C)c1)C1CCCS1. The quantitative estimate of drug-likeness (QED) is 0.863. The van der Waals surface area contributed by atoms with Crippen molar-refractivity contribution in [2.75, 3.05) is 12.3 Å². The minimum Gasteiger partial charge on any atom is -0.309 e. The van der Waals surface area contributed by atoms with Gasteiger partial charge in [-0.2, -0.15) is 11.8 Å². The second-order valence-corrected chi connectivity index (χ2v) is 6.34. The molecule has 1 aromatic carbocycles. The molecule has 0 aromatic heterocycles. The highest BCUT2D eigenvalue weighted by atomic mass is 32.2. The summed E-state index contributed by atoms with van der Waals surface area (Å²) in [7, 11) is 0. The average molecular weight is 267 g/mol. The fraction of sp³-hybridized carbons (Fsp3) is 0.600. The third-order valence-corrected chi connectivity index (χ3v) is 4.95. The standard InChI is InChI=1S/C15H22FNS/c1-3-8-17-15(14-5-4-9-18-14)12-6-7-13(16)11(2)10-12/h6-7,10,14-15,17H,3-5,8-9H2,1-2H3. The Bertz CT molecular complexity index is 388. The van der Waals surface area contributed by atoms with E-state index in [0.717, 1.165) is 18.5 Å². The summed E-state index contributed by atoms with van der Waals surface area (Å²) in [6.07, 6.45) is 3.70. The van der Waals surface area contributed by atoms with Gasteiger partial charge in [0.15, 0.2) is 0 Å². The third-order valence-electron chi connectivity index (χ3n) is 3.49. The van der Waals surface area contributed by atoms with Crippen molar-refractivity contribution in [3.05, 3.63) is 35.1 Å². The molecule has 1 fully saturated rings. The molecule has 1 heterocycles. The predicted octanol–water partition coefficient (Wildman–Crippen LogP) is 4.07. The number of benzene rings is 1. The zero-order chi connectivity index (χ0) is 13.0. The second-order valence-electron chi connectivity index (χ2n) is 4.99.